The Labute approximate surface area is 84.8 Å². The summed E-state index contributed by atoms with van der Waals surface area (Å²) in [7, 11) is 0. The molecule has 0 atom stereocenters. The van der Waals surface area contributed by atoms with Crippen LogP contribution in [0.15, 0.2) is 12.3 Å². The first-order valence-corrected chi connectivity index (χ1v) is 4.68. The average Bonchev–Trinajstić information content (AvgIpc) is 2.01. The third-order valence-corrected chi connectivity index (χ3v) is 1.61. The summed E-state index contributed by atoms with van der Waals surface area (Å²) < 4.78 is 0. The fraction of sp³-hybridized carbons (Fsp3) is 0.600. The van der Waals surface area contributed by atoms with Crippen molar-refractivity contribution in [2.24, 2.45) is 5.92 Å². The number of carbonyl (C=O) groups is 2. The topological polar surface area (TPSA) is 58.2 Å². The largest absolute Gasteiger partial charge is 0.351 e. The van der Waals surface area contributed by atoms with Gasteiger partial charge in [-0.3, -0.25) is 9.59 Å². The van der Waals surface area contributed by atoms with Crippen LogP contribution >= 0.6 is 0 Å². The molecule has 0 fully saturated rings. The molecule has 0 unspecified atom stereocenters. The van der Waals surface area contributed by atoms with Gasteiger partial charge in [0.05, 0.1) is 5.70 Å². The molecule has 0 aromatic heterocycles. The van der Waals surface area contributed by atoms with Gasteiger partial charge in [-0.2, -0.15) is 0 Å². The van der Waals surface area contributed by atoms with E-state index in [9.17, 15) is 9.59 Å². The molecule has 0 aliphatic heterocycles. The average molecular weight is 198 g/mol. The van der Waals surface area contributed by atoms with Crippen molar-refractivity contribution in [3.8, 4) is 0 Å². The Morgan fingerprint density at radius 2 is 1.93 bits per heavy atom. The molecule has 0 aliphatic rings. The molecule has 0 radical (unpaired) electrons. The molecule has 14 heavy (non-hydrogen) atoms. The van der Waals surface area contributed by atoms with Gasteiger partial charge in [-0.15, -0.1) is 0 Å². The maximum atomic E-state index is 11.2. The second-order valence-electron chi connectivity index (χ2n) is 3.60. The Balaban J connectivity index is 3.74. The van der Waals surface area contributed by atoms with E-state index in [-0.39, 0.29) is 17.5 Å². The molecule has 2 N–H and O–H groups in total. The number of nitrogens with one attached hydrogen (secondary N) is 2. The fourth-order valence-electron chi connectivity index (χ4n) is 0.850. The van der Waals surface area contributed by atoms with Crippen LogP contribution in [0.1, 0.15) is 27.2 Å². The van der Waals surface area contributed by atoms with Crippen molar-refractivity contribution in [3.63, 3.8) is 0 Å². The van der Waals surface area contributed by atoms with Crippen LogP contribution in [0.4, 0.5) is 0 Å². The molecular formula is C10H18N2O2. The molecule has 0 aromatic rings. The van der Waals surface area contributed by atoms with E-state index in [1.54, 1.807) is 0 Å². The van der Waals surface area contributed by atoms with Crippen molar-refractivity contribution in [2.45, 2.75) is 27.2 Å². The van der Waals surface area contributed by atoms with Crippen LogP contribution in [-0.4, -0.2) is 18.4 Å². The van der Waals surface area contributed by atoms with Crippen LogP contribution in [0.5, 0.6) is 0 Å². The van der Waals surface area contributed by atoms with Gasteiger partial charge in [-0.1, -0.05) is 20.4 Å². The standard InChI is InChI=1S/C10H18N2O2/c1-7(2)5-6-11-10(14)8(3)12-9(4)13/h7H,3,5-6H2,1-2,4H3,(H,11,14)(H,12,13). The summed E-state index contributed by atoms with van der Waals surface area (Å²) in [5, 5.41) is 5.00. The lowest BCUT2D eigenvalue weighted by atomic mass is 10.1. The van der Waals surface area contributed by atoms with Crippen LogP contribution in [-0.2, 0) is 9.59 Å². The van der Waals surface area contributed by atoms with E-state index >= 15 is 0 Å². The summed E-state index contributed by atoms with van der Waals surface area (Å²) in [5.41, 5.74) is 0.0984. The third-order valence-electron chi connectivity index (χ3n) is 1.61. The SMILES string of the molecule is C=C(NC(C)=O)C(=O)NCCC(C)C. The van der Waals surface area contributed by atoms with Crippen molar-refractivity contribution >= 4 is 11.8 Å². The second kappa shape index (κ2) is 6.18. The van der Waals surface area contributed by atoms with Crippen molar-refractivity contribution < 1.29 is 9.59 Å². The zero-order valence-corrected chi connectivity index (χ0v) is 9.02. The predicted octanol–water partition coefficient (Wildman–Crippen LogP) is 0.798. The maximum Gasteiger partial charge on any atom is 0.267 e. The number of hydrogen-bond acceptors (Lipinski definition) is 2. The Morgan fingerprint density at radius 3 is 2.36 bits per heavy atom. The van der Waals surface area contributed by atoms with Gasteiger partial charge < -0.3 is 10.6 Å². The van der Waals surface area contributed by atoms with Gasteiger partial charge in [-0.05, 0) is 12.3 Å². The van der Waals surface area contributed by atoms with Crippen molar-refractivity contribution in [2.75, 3.05) is 6.54 Å². The van der Waals surface area contributed by atoms with Crippen molar-refractivity contribution in [1.29, 1.82) is 0 Å². The van der Waals surface area contributed by atoms with E-state index in [2.05, 4.69) is 31.1 Å². The number of hydrogen-bond donors (Lipinski definition) is 2. The first-order chi connectivity index (χ1) is 6.43. The molecule has 4 heteroatoms. The molecule has 0 bridgehead atoms. The van der Waals surface area contributed by atoms with Gasteiger partial charge in [0.1, 0.15) is 0 Å². The summed E-state index contributed by atoms with van der Waals surface area (Å²) in [6, 6.07) is 0. The lowest BCUT2D eigenvalue weighted by molar-refractivity contribution is -0.122. The molecule has 0 spiro atoms. The van der Waals surface area contributed by atoms with E-state index in [1.165, 1.54) is 6.92 Å². The zero-order valence-electron chi connectivity index (χ0n) is 9.02. The number of amides is 2. The summed E-state index contributed by atoms with van der Waals surface area (Å²) in [4.78, 5) is 21.8. The number of rotatable bonds is 5. The number of carbonyl (C=O) groups excluding carboxylic acids is 2. The molecule has 0 saturated heterocycles. The molecule has 4 nitrogen and oxygen atoms in total. The minimum absolute atomic E-state index is 0.0984. The highest BCUT2D eigenvalue weighted by molar-refractivity contribution is 5.96. The van der Waals surface area contributed by atoms with E-state index in [0.29, 0.717) is 12.5 Å². The van der Waals surface area contributed by atoms with Crippen LogP contribution < -0.4 is 10.6 Å². The molecular weight excluding hydrogens is 180 g/mol. The molecule has 0 aliphatic carbocycles. The second-order valence-corrected chi connectivity index (χ2v) is 3.60. The van der Waals surface area contributed by atoms with E-state index < -0.39 is 0 Å². The van der Waals surface area contributed by atoms with E-state index in [4.69, 9.17) is 0 Å². The first kappa shape index (κ1) is 12.7. The molecule has 0 saturated carbocycles. The Morgan fingerprint density at radius 1 is 1.36 bits per heavy atom. The summed E-state index contributed by atoms with van der Waals surface area (Å²) >= 11 is 0. The third kappa shape index (κ3) is 6.22. The lowest BCUT2D eigenvalue weighted by Gasteiger charge is -2.08. The van der Waals surface area contributed by atoms with Crippen LogP contribution in [0.3, 0.4) is 0 Å². The van der Waals surface area contributed by atoms with Gasteiger partial charge in [-0.25, -0.2) is 0 Å². The smallest absolute Gasteiger partial charge is 0.267 e. The van der Waals surface area contributed by atoms with Crippen LogP contribution in [0.2, 0.25) is 0 Å². The fourth-order valence-corrected chi connectivity index (χ4v) is 0.850. The summed E-state index contributed by atoms with van der Waals surface area (Å²) in [6.45, 7) is 9.55. The van der Waals surface area contributed by atoms with E-state index in [1.807, 2.05) is 0 Å². The highest BCUT2D eigenvalue weighted by atomic mass is 16.2. The normalized spacial score (nSPS) is 9.71. The molecule has 0 aromatic carbocycles. The highest BCUT2D eigenvalue weighted by Gasteiger charge is 2.07. The van der Waals surface area contributed by atoms with Crippen molar-refractivity contribution in [1.82, 2.24) is 10.6 Å². The van der Waals surface area contributed by atoms with Gasteiger partial charge in [0.15, 0.2) is 0 Å². The Bertz CT molecular complexity index is 234. The van der Waals surface area contributed by atoms with Gasteiger partial charge in [0.2, 0.25) is 5.91 Å². The highest BCUT2D eigenvalue weighted by Crippen LogP contribution is 1.96. The molecule has 0 heterocycles. The van der Waals surface area contributed by atoms with Crippen LogP contribution in [0.25, 0.3) is 0 Å². The van der Waals surface area contributed by atoms with Gasteiger partial charge >= 0.3 is 0 Å². The zero-order chi connectivity index (χ0) is 11.1. The molecule has 2 amide bonds. The van der Waals surface area contributed by atoms with Crippen LogP contribution in [0, 0.1) is 5.92 Å². The quantitative estimate of drug-likeness (QED) is 0.642. The lowest BCUT2D eigenvalue weighted by Crippen LogP contribution is -2.34. The molecule has 80 valence electrons. The minimum atomic E-state index is -0.319. The Kier molecular flexibility index (Phi) is 5.60. The predicted molar refractivity (Wildman–Crippen MR) is 55.4 cm³/mol. The molecule has 0 rings (SSSR count). The summed E-state index contributed by atoms with van der Waals surface area (Å²) in [5.74, 6) is -0.0563. The van der Waals surface area contributed by atoms with E-state index in [0.717, 1.165) is 6.42 Å². The van der Waals surface area contributed by atoms with Crippen molar-refractivity contribution in [3.05, 3.63) is 12.3 Å². The maximum absolute atomic E-state index is 11.2. The van der Waals surface area contributed by atoms with Gasteiger partial charge in [0.25, 0.3) is 5.91 Å². The first-order valence-electron chi connectivity index (χ1n) is 4.68. The van der Waals surface area contributed by atoms with Gasteiger partial charge in [0, 0.05) is 13.5 Å². The summed E-state index contributed by atoms with van der Waals surface area (Å²) in [6.07, 6.45) is 0.916. The Hall–Kier alpha value is -1.32. The minimum Gasteiger partial charge on any atom is -0.351 e. The monoisotopic (exact) mass is 198 g/mol.